The van der Waals surface area contributed by atoms with Gasteiger partial charge in [-0.25, -0.2) is 0 Å². The van der Waals surface area contributed by atoms with Crippen molar-refractivity contribution in [3.63, 3.8) is 0 Å². The number of aryl methyl sites for hydroxylation is 1. The van der Waals surface area contributed by atoms with E-state index in [1.807, 2.05) is 85.8 Å². The third-order valence-corrected chi connectivity index (χ3v) is 4.89. The Balaban J connectivity index is 1.75. The van der Waals surface area contributed by atoms with Gasteiger partial charge in [-0.05, 0) is 30.7 Å². The number of pyridine rings is 1. The van der Waals surface area contributed by atoms with Crippen LogP contribution in [0.15, 0.2) is 94.4 Å². The summed E-state index contributed by atoms with van der Waals surface area (Å²) in [7, 11) is 0. The molecule has 0 spiro atoms. The average molecular weight is 379 g/mol. The molecule has 0 saturated heterocycles. The Labute approximate surface area is 166 Å². The van der Waals surface area contributed by atoms with Crippen LogP contribution < -0.4 is 5.56 Å². The van der Waals surface area contributed by atoms with E-state index in [0.29, 0.717) is 17.1 Å². The summed E-state index contributed by atoms with van der Waals surface area (Å²) in [5.74, 6) is 0.888. The molecule has 0 radical (unpaired) electrons. The van der Waals surface area contributed by atoms with Crippen molar-refractivity contribution in [2.45, 2.75) is 6.92 Å². The smallest absolute Gasteiger partial charge is 0.262 e. The van der Waals surface area contributed by atoms with E-state index in [1.54, 1.807) is 10.8 Å². The SMILES string of the molecule is Cc1cccc(-n2cc(-c3nc(-c4ccccc4)no3)c3ccccc3c2=O)c1. The number of aromatic nitrogens is 3. The van der Waals surface area contributed by atoms with Crippen molar-refractivity contribution in [3.8, 4) is 28.5 Å². The minimum Gasteiger partial charge on any atom is -0.334 e. The molecular formula is C24H17N3O2. The maximum absolute atomic E-state index is 13.1. The maximum atomic E-state index is 13.1. The number of hydrogen-bond donors (Lipinski definition) is 0. The van der Waals surface area contributed by atoms with E-state index in [-0.39, 0.29) is 5.56 Å². The first-order valence-corrected chi connectivity index (χ1v) is 9.32. The summed E-state index contributed by atoms with van der Waals surface area (Å²) in [6.07, 6.45) is 1.78. The van der Waals surface area contributed by atoms with Crippen molar-refractivity contribution in [3.05, 3.63) is 101 Å². The van der Waals surface area contributed by atoms with Gasteiger partial charge in [0.1, 0.15) is 0 Å². The first kappa shape index (κ1) is 17.1. The first-order chi connectivity index (χ1) is 14.2. The monoisotopic (exact) mass is 379 g/mol. The van der Waals surface area contributed by atoms with E-state index in [4.69, 9.17) is 4.52 Å². The molecule has 0 fully saturated rings. The maximum Gasteiger partial charge on any atom is 0.262 e. The van der Waals surface area contributed by atoms with Gasteiger partial charge in [0, 0.05) is 28.2 Å². The number of hydrogen-bond acceptors (Lipinski definition) is 4. The highest BCUT2D eigenvalue weighted by Crippen LogP contribution is 2.28. The fraction of sp³-hybridized carbons (Fsp3) is 0.0417. The van der Waals surface area contributed by atoms with E-state index in [1.165, 1.54) is 0 Å². The summed E-state index contributed by atoms with van der Waals surface area (Å²) >= 11 is 0. The Morgan fingerprint density at radius 1 is 0.862 bits per heavy atom. The van der Waals surface area contributed by atoms with E-state index >= 15 is 0 Å². The van der Waals surface area contributed by atoms with Gasteiger partial charge >= 0.3 is 0 Å². The fourth-order valence-electron chi connectivity index (χ4n) is 3.47. The molecule has 0 aliphatic carbocycles. The molecule has 140 valence electrons. The second-order valence-corrected chi connectivity index (χ2v) is 6.89. The topological polar surface area (TPSA) is 60.9 Å². The molecule has 0 aliphatic heterocycles. The first-order valence-electron chi connectivity index (χ1n) is 9.32. The second kappa shape index (κ2) is 6.87. The Bertz CT molecular complexity index is 1380. The van der Waals surface area contributed by atoms with Gasteiger partial charge in [-0.3, -0.25) is 9.36 Å². The zero-order valence-electron chi connectivity index (χ0n) is 15.7. The van der Waals surface area contributed by atoms with Crippen LogP contribution in [0.4, 0.5) is 0 Å². The van der Waals surface area contributed by atoms with Crippen molar-refractivity contribution in [1.29, 1.82) is 0 Å². The van der Waals surface area contributed by atoms with Crippen LogP contribution in [-0.2, 0) is 0 Å². The minimum absolute atomic E-state index is 0.0854. The molecule has 3 aromatic carbocycles. The number of fused-ring (bicyclic) bond motifs is 1. The Hall–Kier alpha value is -3.99. The minimum atomic E-state index is -0.0854. The van der Waals surface area contributed by atoms with Crippen LogP contribution in [-0.4, -0.2) is 14.7 Å². The molecule has 2 heterocycles. The molecule has 0 unspecified atom stereocenters. The molecule has 0 saturated carbocycles. The molecule has 29 heavy (non-hydrogen) atoms. The predicted molar refractivity (Wildman–Crippen MR) is 113 cm³/mol. The van der Waals surface area contributed by atoms with Crippen molar-refractivity contribution in [1.82, 2.24) is 14.7 Å². The zero-order valence-corrected chi connectivity index (χ0v) is 15.7. The average Bonchev–Trinajstić information content (AvgIpc) is 3.25. The van der Waals surface area contributed by atoms with Crippen molar-refractivity contribution in [2.24, 2.45) is 0 Å². The number of rotatable bonds is 3. The summed E-state index contributed by atoms with van der Waals surface area (Å²) in [6.45, 7) is 2.00. The molecule has 5 aromatic rings. The highest BCUT2D eigenvalue weighted by molar-refractivity contribution is 5.94. The van der Waals surface area contributed by atoms with Crippen LogP contribution >= 0.6 is 0 Å². The lowest BCUT2D eigenvalue weighted by atomic mass is 10.1. The number of benzene rings is 3. The van der Waals surface area contributed by atoms with E-state index in [9.17, 15) is 4.79 Å². The lowest BCUT2D eigenvalue weighted by Crippen LogP contribution is -2.18. The van der Waals surface area contributed by atoms with Crippen LogP contribution in [0.5, 0.6) is 0 Å². The third kappa shape index (κ3) is 3.02. The van der Waals surface area contributed by atoms with Crippen LogP contribution in [0.3, 0.4) is 0 Å². The van der Waals surface area contributed by atoms with E-state index in [0.717, 1.165) is 27.8 Å². The molecule has 2 aromatic heterocycles. The molecule has 0 aliphatic rings. The second-order valence-electron chi connectivity index (χ2n) is 6.89. The van der Waals surface area contributed by atoms with Crippen molar-refractivity contribution < 1.29 is 4.52 Å². The summed E-state index contributed by atoms with van der Waals surface area (Å²) in [4.78, 5) is 17.7. The molecule has 0 amide bonds. The zero-order chi connectivity index (χ0) is 19.8. The molecule has 5 heteroatoms. The standard InChI is InChI=1S/C24H17N3O2/c1-16-8-7-11-18(14-16)27-15-21(19-12-5-6-13-20(19)24(27)28)23-25-22(26-29-23)17-9-3-2-4-10-17/h2-15H,1H3. The number of nitrogens with zero attached hydrogens (tertiary/aromatic N) is 3. The van der Waals surface area contributed by atoms with Gasteiger partial charge in [0.25, 0.3) is 11.4 Å². The quantitative estimate of drug-likeness (QED) is 0.442. The highest BCUT2D eigenvalue weighted by atomic mass is 16.5. The van der Waals surface area contributed by atoms with Gasteiger partial charge in [-0.2, -0.15) is 4.98 Å². The van der Waals surface area contributed by atoms with Gasteiger partial charge in [0.15, 0.2) is 0 Å². The molecular weight excluding hydrogens is 362 g/mol. The largest absolute Gasteiger partial charge is 0.334 e. The molecule has 0 bridgehead atoms. The molecule has 0 atom stereocenters. The summed E-state index contributed by atoms with van der Waals surface area (Å²) < 4.78 is 7.23. The van der Waals surface area contributed by atoms with Crippen LogP contribution in [0, 0.1) is 6.92 Å². The summed E-state index contributed by atoms with van der Waals surface area (Å²) in [5, 5.41) is 5.52. The lowest BCUT2D eigenvalue weighted by molar-refractivity contribution is 0.432. The van der Waals surface area contributed by atoms with Crippen molar-refractivity contribution in [2.75, 3.05) is 0 Å². The molecule has 0 N–H and O–H groups in total. The predicted octanol–water partition coefficient (Wildman–Crippen LogP) is 5.02. The van der Waals surface area contributed by atoms with Crippen LogP contribution in [0.1, 0.15) is 5.56 Å². The lowest BCUT2D eigenvalue weighted by Gasteiger charge is -2.11. The third-order valence-electron chi connectivity index (χ3n) is 4.89. The highest BCUT2D eigenvalue weighted by Gasteiger charge is 2.17. The van der Waals surface area contributed by atoms with Crippen molar-refractivity contribution >= 4 is 10.8 Å². The van der Waals surface area contributed by atoms with Gasteiger partial charge < -0.3 is 4.52 Å². The van der Waals surface area contributed by atoms with Gasteiger partial charge in [0.2, 0.25) is 5.82 Å². The van der Waals surface area contributed by atoms with Gasteiger partial charge in [-0.1, -0.05) is 65.8 Å². The summed E-state index contributed by atoms with van der Waals surface area (Å²) in [6, 6.07) is 25.0. The molecule has 5 rings (SSSR count). The summed E-state index contributed by atoms with van der Waals surface area (Å²) in [5.41, 5.74) is 3.38. The fourth-order valence-corrected chi connectivity index (χ4v) is 3.47. The normalized spacial score (nSPS) is 11.1. The van der Waals surface area contributed by atoms with Crippen LogP contribution in [0.2, 0.25) is 0 Å². The van der Waals surface area contributed by atoms with E-state index in [2.05, 4.69) is 10.1 Å². The van der Waals surface area contributed by atoms with Crippen LogP contribution in [0.25, 0.3) is 39.3 Å². The van der Waals surface area contributed by atoms with Gasteiger partial charge in [0.05, 0.1) is 5.56 Å². The Kier molecular flexibility index (Phi) is 4.06. The Morgan fingerprint density at radius 2 is 1.62 bits per heavy atom. The van der Waals surface area contributed by atoms with E-state index < -0.39 is 0 Å². The Morgan fingerprint density at radius 3 is 2.41 bits per heavy atom. The molecule has 5 nitrogen and oxygen atoms in total. The van der Waals surface area contributed by atoms with Gasteiger partial charge in [-0.15, -0.1) is 0 Å².